The summed E-state index contributed by atoms with van der Waals surface area (Å²) in [4.78, 5) is 6.09. The molecule has 0 unspecified atom stereocenters. The molecule has 2 rings (SSSR count). The van der Waals surface area contributed by atoms with E-state index < -0.39 is 0 Å². The third kappa shape index (κ3) is 1.98. The Morgan fingerprint density at radius 1 is 1.12 bits per heavy atom. The third-order valence-electron chi connectivity index (χ3n) is 2.48. The van der Waals surface area contributed by atoms with Gasteiger partial charge in [-0.25, -0.2) is 4.98 Å². The van der Waals surface area contributed by atoms with Gasteiger partial charge in [-0.2, -0.15) is 0 Å². The van der Waals surface area contributed by atoms with E-state index in [9.17, 15) is 0 Å². The molecule has 2 aromatic rings. The minimum atomic E-state index is 0.547. The Hall–Kier alpha value is -2.03. The number of nitrogen functional groups attached to an aromatic ring is 1. The Labute approximate surface area is 95.5 Å². The van der Waals surface area contributed by atoms with Crippen molar-refractivity contribution < 1.29 is 0 Å². The SMILES string of the molecule is CN(C)c1ccccc1-c1ccnc(N)c1. The molecule has 2 N–H and O–H groups in total. The maximum atomic E-state index is 5.70. The molecule has 1 aromatic carbocycles. The van der Waals surface area contributed by atoms with Crippen LogP contribution in [0.5, 0.6) is 0 Å². The number of benzene rings is 1. The molecule has 0 bridgehead atoms. The first-order valence-corrected chi connectivity index (χ1v) is 5.17. The zero-order chi connectivity index (χ0) is 11.5. The summed E-state index contributed by atoms with van der Waals surface area (Å²) in [5.41, 5.74) is 9.13. The smallest absolute Gasteiger partial charge is 0.123 e. The number of hydrogen-bond acceptors (Lipinski definition) is 3. The highest BCUT2D eigenvalue weighted by atomic mass is 15.1. The molecule has 1 aromatic heterocycles. The summed E-state index contributed by atoms with van der Waals surface area (Å²) in [7, 11) is 4.06. The average molecular weight is 213 g/mol. The van der Waals surface area contributed by atoms with E-state index in [4.69, 9.17) is 5.73 Å². The van der Waals surface area contributed by atoms with E-state index in [0.29, 0.717) is 5.82 Å². The topological polar surface area (TPSA) is 42.2 Å². The second kappa shape index (κ2) is 4.23. The molecule has 0 saturated carbocycles. The summed E-state index contributed by atoms with van der Waals surface area (Å²) >= 11 is 0. The first-order chi connectivity index (χ1) is 7.68. The first-order valence-electron chi connectivity index (χ1n) is 5.17. The molecule has 82 valence electrons. The van der Waals surface area contributed by atoms with Gasteiger partial charge in [0.2, 0.25) is 0 Å². The number of hydrogen-bond donors (Lipinski definition) is 1. The molecule has 3 heteroatoms. The van der Waals surface area contributed by atoms with Crippen LogP contribution in [0.15, 0.2) is 42.6 Å². The van der Waals surface area contributed by atoms with Gasteiger partial charge in [-0.15, -0.1) is 0 Å². The number of pyridine rings is 1. The van der Waals surface area contributed by atoms with Gasteiger partial charge in [-0.05, 0) is 23.8 Å². The lowest BCUT2D eigenvalue weighted by atomic mass is 10.0. The van der Waals surface area contributed by atoms with E-state index in [-0.39, 0.29) is 0 Å². The molecule has 0 aliphatic heterocycles. The van der Waals surface area contributed by atoms with Crippen molar-refractivity contribution in [2.24, 2.45) is 0 Å². The van der Waals surface area contributed by atoms with E-state index in [1.165, 1.54) is 11.3 Å². The van der Waals surface area contributed by atoms with Crippen LogP contribution in [-0.2, 0) is 0 Å². The fourth-order valence-electron chi connectivity index (χ4n) is 1.72. The first kappa shape index (κ1) is 10.5. The van der Waals surface area contributed by atoms with Crippen molar-refractivity contribution >= 4 is 11.5 Å². The maximum absolute atomic E-state index is 5.70. The van der Waals surface area contributed by atoms with E-state index in [2.05, 4.69) is 22.0 Å². The predicted molar refractivity (Wildman–Crippen MR) is 68.4 cm³/mol. The largest absolute Gasteiger partial charge is 0.384 e. The van der Waals surface area contributed by atoms with Gasteiger partial charge in [0.05, 0.1) is 0 Å². The van der Waals surface area contributed by atoms with Gasteiger partial charge in [0.1, 0.15) is 5.82 Å². The third-order valence-corrected chi connectivity index (χ3v) is 2.48. The quantitative estimate of drug-likeness (QED) is 0.833. The van der Waals surface area contributed by atoms with Crippen molar-refractivity contribution in [1.82, 2.24) is 4.98 Å². The lowest BCUT2D eigenvalue weighted by Gasteiger charge is -2.17. The molecule has 0 saturated heterocycles. The molecule has 3 nitrogen and oxygen atoms in total. The molecule has 0 aliphatic carbocycles. The summed E-state index contributed by atoms with van der Waals surface area (Å²) in [5.74, 6) is 0.547. The molecule has 0 amide bonds. The molecule has 0 fully saturated rings. The minimum absolute atomic E-state index is 0.547. The number of aromatic nitrogens is 1. The lowest BCUT2D eigenvalue weighted by Crippen LogP contribution is -2.09. The Balaban J connectivity index is 2.55. The molecule has 0 radical (unpaired) electrons. The fraction of sp³-hybridized carbons (Fsp3) is 0.154. The van der Waals surface area contributed by atoms with Crippen LogP contribution in [0.1, 0.15) is 0 Å². The van der Waals surface area contributed by atoms with E-state index in [1.807, 2.05) is 38.4 Å². The standard InChI is InChI=1S/C13H15N3/c1-16(2)12-6-4-3-5-11(12)10-7-8-15-13(14)9-10/h3-9H,1-2H3,(H2,14,15). The van der Waals surface area contributed by atoms with Crippen molar-refractivity contribution in [2.75, 3.05) is 24.7 Å². The lowest BCUT2D eigenvalue weighted by molar-refractivity contribution is 1.13. The Kier molecular flexibility index (Phi) is 2.77. The van der Waals surface area contributed by atoms with Crippen LogP contribution in [0.25, 0.3) is 11.1 Å². The molecule has 0 spiro atoms. The predicted octanol–water partition coefficient (Wildman–Crippen LogP) is 2.40. The van der Waals surface area contributed by atoms with Crippen LogP contribution in [-0.4, -0.2) is 19.1 Å². The molecular formula is C13H15N3. The van der Waals surface area contributed by atoms with Crippen LogP contribution in [0, 0.1) is 0 Å². The number of para-hydroxylation sites is 1. The second-order valence-electron chi connectivity index (χ2n) is 3.88. The van der Waals surface area contributed by atoms with E-state index in [1.54, 1.807) is 6.20 Å². The van der Waals surface area contributed by atoms with Crippen molar-refractivity contribution in [2.45, 2.75) is 0 Å². The maximum Gasteiger partial charge on any atom is 0.123 e. The van der Waals surface area contributed by atoms with Crippen molar-refractivity contribution in [3.63, 3.8) is 0 Å². The highest BCUT2D eigenvalue weighted by Crippen LogP contribution is 2.29. The van der Waals surface area contributed by atoms with Crippen LogP contribution >= 0.6 is 0 Å². The van der Waals surface area contributed by atoms with Crippen molar-refractivity contribution in [3.8, 4) is 11.1 Å². The van der Waals surface area contributed by atoms with Gasteiger partial charge in [0.25, 0.3) is 0 Å². The zero-order valence-electron chi connectivity index (χ0n) is 9.51. The molecule has 0 atom stereocenters. The fourth-order valence-corrected chi connectivity index (χ4v) is 1.72. The second-order valence-corrected chi connectivity index (χ2v) is 3.88. The normalized spacial score (nSPS) is 10.1. The van der Waals surface area contributed by atoms with Gasteiger partial charge >= 0.3 is 0 Å². The van der Waals surface area contributed by atoms with Crippen LogP contribution < -0.4 is 10.6 Å². The number of nitrogens with zero attached hydrogens (tertiary/aromatic N) is 2. The Bertz CT molecular complexity index is 492. The zero-order valence-corrected chi connectivity index (χ0v) is 9.51. The number of rotatable bonds is 2. The summed E-state index contributed by atoms with van der Waals surface area (Å²) in [6, 6.07) is 12.1. The summed E-state index contributed by atoms with van der Waals surface area (Å²) in [5, 5.41) is 0. The monoisotopic (exact) mass is 213 g/mol. The Morgan fingerprint density at radius 3 is 2.56 bits per heavy atom. The van der Waals surface area contributed by atoms with Crippen LogP contribution in [0.2, 0.25) is 0 Å². The number of nitrogens with two attached hydrogens (primary N) is 1. The van der Waals surface area contributed by atoms with E-state index >= 15 is 0 Å². The van der Waals surface area contributed by atoms with Gasteiger partial charge in [0, 0.05) is 31.5 Å². The number of anilines is 2. The average Bonchev–Trinajstić information content (AvgIpc) is 2.29. The molecule has 16 heavy (non-hydrogen) atoms. The summed E-state index contributed by atoms with van der Waals surface area (Å²) in [6.07, 6.45) is 1.73. The molecular weight excluding hydrogens is 198 g/mol. The highest BCUT2D eigenvalue weighted by molar-refractivity contribution is 5.79. The van der Waals surface area contributed by atoms with Crippen molar-refractivity contribution in [1.29, 1.82) is 0 Å². The van der Waals surface area contributed by atoms with Crippen molar-refractivity contribution in [3.05, 3.63) is 42.6 Å². The van der Waals surface area contributed by atoms with Gasteiger partial charge in [-0.3, -0.25) is 0 Å². The van der Waals surface area contributed by atoms with Crippen LogP contribution in [0.3, 0.4) is 0 Å². The summed E-state index contributed by atoms with van der Waals surface area (Å²) in [6.45, 7) is 0. The van der Waals surface area contributed by atoms with Gasteiger partial charge in [0.15, 0.2) is 0 Å². The minimum Gasteiger partial charge on any atom is -0.384 e. The van der Waals surface area contributed by atoms with Gasteiger partial charge in [-0.1, -0.05) is 18.2 Å². The van der Waals surface area contributed by atoms with Crippen LogP contribution in [0.4, 0.5) is 11.5 Å². The highest BCUT2D eigenvalue weighted by Gasteiger charge is 2.06. The molecule has 0 aliphatic rings. The summed E-state index contributed by atoms with van der Waals surface area (Å²) < 4.78 is 0. The van der Waals surface area contributed by atoms with E-state index in [0.717, 1.165) is 5.56 Å². The Morgan fingerprint density at radius 2 is 1.88 bits per heavy atom. The molecule has 1 heterocycles. The van der Waals surface area contributed by atoms with Gasteiger partial charge < -0.3 is 10.6 Å².